The second kappa shape index (κ2) is 6.31. The zero-order valence-electron chi connectivity index (χ0n) is 20.2. The fourth-order valence-corrected chi connectivity index (χ4v) is 4.62. The Balaban J connectivity index is 6.38. The Kier molecular flexibility index (Phi) is 6.31. The lowest BCUT2D eigenvalue weighted by Gasteiger charge is -2.67. The molecule has 0 heterocycles. The summed E-state index contributed by atoms with van der Waals surface area (Å²) in [5, 5.41) is 0. The first kappa shape index (κ1) is 24.0. The van der Waals surface area contributed by atoms with Gasteiger partial charge >= 0.3 is 0 Å². The van der Waals surface area contributed by atoms with E-state index >= 15 is 0 Å². The molecule has 0 unspecified atom stereocenters. The lowest BCUT2D eigenvalue weighted by atomic mass is 9.37. The third kappa shape index (κ3) is 2.99. The quantitative estimate of drug-likeness (QED) is 0.436. The Morgan fingerprint density at radius 1 is 0.333 bits per heavy atom. The van der Waals surface area contributed by atoms with Crippen molar-refractivity contribution < 1.29 is 0 Å². The van der Waals surface area contributed by atoms with Gasteiger partial charge in [0.15, 0.2) is 0 Å². The molecule has 24 heavy (non-hydrogen) atoms. The van der Waals surface area contributed by atoms with E-state index in [-0.39, 0.29) is 32.5 Å². The molecule has 0 saturated heterocycles. The van der Waals surface area contributed by atoms with Crippen molar-refractivity contribution in [3.8, 4) is 0 Å². The minimum atomic E-state index is 0.184. The van der Waals surface area contributed by atoms with Gasteiger partial charge in [0.25, 0.3) is 0 Å². The van der Waals surface area contributed by atoms with Gasteiger partial charge in [0, 0.05) is 0 Å². The number of hydrogen-bond donors (Lipinski definition) is 0. The van der Waals surface area contributed by atoms with Gasteiger partial charge in [-0.25, -0.2) is 0 Å². The van der Waals surface area contributed by atoms with E-state index < -0.39 is 0 Å². The van der Waals surface area contributed by atoms with Gasteiger partial charge in [-0.3, -0.25) is 0 Å². The van der Waals surface area contributed by atoms with Gasteiger partial charge in [-0.1, -0.05) is 111 Å². The van der Waals surface area contributed by atoms with Crippen LogP contribution < -0.4 is 0 Å². The third-order valence-electron chi connectivity index (χ3n) is 10.8. The first-order valence-electron chi connectivity index (χ1n) is 10.1. The van der Waals surface area contributed by atoms with Gasteiger partial charge in [-0.05, 0) is 44.3 Å². The molecule has 0 aliphatic rings. The summed E-state index contributed by atoms with van der Waals surface area (Å²) in [6.07, 6.45) is 0. The highest BCUT2D eigenvalue weighted by atomic mass is 14.7. The van der Waals surface area contributed by atoms with Crippen molar-refractivity contribution in [1.82, 2.24) is 0 Å². The van der Waals surface area contributed by atoms with Gasteiger partial charge in [-0.15, -0.1) is 0 Å². The second-order valence-corrected chi connectivity index (χ2v) is 12.3. The van der Waals surface area contributed by atoms with Crippen LogP contribution in [-0.4, -0.2) is 0 Å². The van der Waals surface area contributed by atoms with Crippen LogP contribution in [0.4, 0.5) is 0 Å². The van der Waals surface area contributed by atoms with Crippen LogP contribution in [0.3, 0.4) is 0 Å². The minimum Gasteiger partial charge on any atom is -0.0622 e. The molecule has 146 valence electrons. The molecule has 0 fully saturated rings. The highest BCUT2D eigenvalue weighted by Crippen LogP contribution is 2.68. The summed E-state index contributed by atoms with van der Waals surface area (Å²) in [6, 6.07) is 0. The van der Waals surface area contributed by atoms with Crippen LogP contribution in [-0.2, 0) is 0 Å². The molecule has 0 N–H and O–H groups in total. The third-order valence-corrected chi connectivity index (χ3v) is 10.8. The Bertz CT molecular complexity index is 383. The van der Waals surface area contributed by atoms with Crippen LogP contribution in [0.1, 0.15) is 111 Å². The number of rotatable bonds is 7. The maximum absolute atomic E-state index is 2.52. The fourth-order valence-electron chi connectivity index (χ4n) is 4.62. The molecule has 0 aliphatic carbocycles. The molecule has 0 amide bonds. The molecule has 0 saturated carbocycles. The van der Waals surface area contributed by atoms with Crippen LogP contribution >= 0.6 is 0 Å². The van der Waals surface area contributed by atoms with Crippen LogP contribution in [0.2, 0.25) is 0 Å². The van der Waals surface area contributed by atoms with Crippen LogP contribution in [0.5, 0.6) is 0 Å². The van der Waals surface area contributed by atoms with Gasteiger partial charge < -0.3 is 0 Å². The molecule has 0 aromatic rings. The average molecular weight is 339 g/mol. The summed E-state index contributed by atoms with van der Waals surface area (Å²) in [6.45, 7) is 39.5. The molecule has 0 heteroatoms. The molecule has 0 rings (SSSR count). The first-order chi connectivity index (χ1) is 10.1. The average Bonchev–Trinajstić information content (AvgIpc) is 2.36. The molecule has 0 nitrogen and oxygen atoms in total. The largest absolute Gasteiger partial charge is 0.0622 e. The van der Waals surface area contributed by atoms with Crippen molar-refractivity contribution in [3.05, 3.63) is 0 Å². The molecule has 0 aliphatic heterocycles. The SMILES string of the molecule is CC(C)C(C)(C)C(C)(C)C(C)(C)C(C)(C)C(C)(C)C(C)(C)C(C)C. The summed E-state index contributed by atoms with van der Waals surface area (Å²) in [7, 11) is 0. The van der Waals surface area contributed by atoms with Gasteiger partial charge in [-0.2, -0.15) is 0 Å². The maximum Gasteiger partial charge on any atom is -0.0241 e. The van der Waals surface area contributed by atoms with E-state index in [4.69, 9.17) is 0 Å². The summed E-state index contributed by atoms with van der Waals surface area (Å²) in [4.78, 5) is 0. The second-order valence-electron chi connectivity index (χ2n) is 12.3. The van der Waals surface area contributed by atoms with Crippen molar-refractivity contribution >= 4 is 0 Å². The van der Waals surface area contributed by atoms with E-state index in [2.05, 4.69) is 111 Å². The van der Waals surface area contributed by atoms with E-state index in [1.165, 1.54) is 0 Å². The Hall–Kier alpha value is 0. The van der Waals surface area contributed by atoms with Crippen LogP contribution in [0, 0.1) is 44.3 Å². The van der Waals surface area contributed by atoms with E-state index in [0.29, 0.717) is 11.8 Å². The summed E-state index contributed by atoms with van der Waals surface area (Å²) in [5.41, 5.74) is 1.33. The molecule has 0 aromatic carbocycles. The van der Waals surface area contributed by atoms with Gasteiger partial charge in [0.2, 0.25) is 0 Å². The zero-order chi connectivity index (χ0) is 20.2. The first-order valence-corrected chi connectivity index (χ1v) is 10.1. The van der Waals surface area contributed by atoms with Crippen LogP contribution in [0.15, 0.2) is 0 Å². The Morgan fingerprint density at radius 2 is 0.500 bits per heavy atom. The predicted octanol–water partition coefficient (Wildman–Crippen LogP) is 8.46. The molecular weight excluding hydrogens is 288 g/mol. The molecule has 0 aromatic heterocycles. The number of hydrogen-bond acceptors (Lipinski definition) is 0. The maximum atomic E-state index is 2.52. The highest BCUT2D eigenvalue weighted by Gasteiger charge is 2.62. The van der Waals surface area contributed by atoms with Crippen LogP contribution in [0.25, 0.3) is 0 Å². The summed E-state index contributed by atoms with van der Waals surface area (Å²) in [5.74, 6) is 1.31. The zero-order valence-corrected chi connectivity index (χ0v) is 20.2. The van der Waals surface area contributed by atoms with E-state index in [1.54, 1.807) is 0 Å². The normalized spacial score (nSPS) is 16.2. The predicted molar refractivity (Wildman–Crippen MR) is 112 cm³/mol. The summed E-state index contributed by atoms with van der Waals surface area (Å²) < 4.78 is 0. The van der Waals surface area contributed by atoms with Crippen molar-refractivity contribution in [2.24, 2.45) is 44.3 Å². The lowest BCUT2D eigenvalue weighted by Crippen LogP contribution is -2.60. The van der Waals surface area contributed by atoms with E-state index in [1.807, 2.05) is 0 Å². The van der Waals surface area contributed by atoms with Crippen molar-refractivity contribution in [3.63, 3.8) is 0 Å². The van der Waals surface area contributed by atoms with Gasteiger partial charge in [0.05, 0.1) is 0 Å². The van der Waals surface area contributed by atoms with Crippen molar-refractivity contribution in [2.75, 3.05) is 0 Å². The molecule has 0 bridgehead atoms. The monoisotopic (exact) mass is 338 g/mol. The lowest BCUT2D eigenvalue weighted by molar-refractivity contribution is -0.188. The Labute approximate surface area is 155 Å². The molecular formula is C24H50. The molecule has 0 radical (unpaired) electrons. The van der Waals surface area contributed by atoms with E-state index in [9.17, 15) is 0 Å². The standard InChI is InChI=1S/C24H50/c1-17(2)19(5,6)21(9,10)23(13,14)24(15,16)22(11,12)20(7,8)18(3)4/h17-18H,1-16H3. The molecule has 0 atom stereocenters. The topological polar surface area (TPSA) is 0 Å². The smallest absolute Gasteiger partial charge is 0.0241 e. The van der Waals surface area contributed by atoms with Crippen molar-refractivity contribution in [2.45, 2.75) is 111 Å². The Morgan fingerprint density at radius 3 is 0.625 bits per heavy atom. The minimum absolute atomic E-state index is 0.184. The highest BCUT2D eigenvalue weighted by molar-refractivity contribution is 5.10. The fraction of sp³-hybridized carbons (Fsp3) is 1.00. The van der Waals surface area contributed by atoms with Gasteiger partial charge in [0.1, 0.15) is 0 Å². The summed E-state index contributed by atoms with van der Waals surface area (Å²) >= 11 is 0. The van der Waals surface area contributed by atoms with E-state index in [0.717, 1.165) is 0 Å². The molecule has 0 spiro atoms. The van der Waals surface area contributed by atoms with Crippen molar-refractivity contribution in [1.29, 1.82) is 0 Å².